The van der Waals surface area contributed by atoms with Crippen molar-refractivity contribution >= 4 is 0 Å². The van der Waals surface area contributed by atoms with E-state index >= 15 is 0 Å². The van der Waals surface area contributed by atoms with E-state index in [9.17, 15) is 0 Å². The van der Waals surface area contributed by atoms with E-state index in [1.807, 2.05) is 0 Å². The van der Waals surface area contributed by atoms with E-state index in [0.29, 0.717) is 5.41 Å². The van der Waals surface area contributed by atoms with Crippen LogP contribution in [0.2, 0.25) is 0 Å². The van der Waals surface area contributed by atoms with E-state index in [1.165, 1.54) is 0 Å². The SMILES string of the molecule is CCNCC(C)(CC)CN. The van der Waals surface area contributed by atoms with Gasteiger partial charge in [-0.3, -0.25) is 0 Å². The van der Waals surface area contributed by atoms with E-state index in [-0.39, 0.29) is 0 Å². The van der Waals surface area contributed by atoms with Crippen LogP contribution in [0.5, 0.6) is 0 Å². The molecule has 3 N–H and O–H groups in total. The van der Waals surface area contributed by atoms with Gasteiger partial charge in [-0.2, -0.15) is 0 Å². The molecule has 0 saturated heterocycles. The van der Waals surface area contributed by atoms with Crippen LogP contribution in [0.1, 0.15) is 27.2 Å². The molecule has 0 aliphatic heterocycles. The van der Waals surface area contributed by atoms with Gasteiger partial charge in [0.15, 0.2) is 0 Å². The Labute approximate surface area is 64.2 Å². The third-order valence-corrected chi connectivity index (χ3v) is 2.15. The second-order valence-corrected chi connectivity index (χ2v) is 3.15. The van der Waals surface area contributed by atoms with Crippen LogP contribution in [0.4, 0.5) is 0 Å². The standard InChI is InChI=1S/C8H20N2/c1-4-8(3,6-9)7-10-5-2/h10H,4-7,9H2,1-3H3. The van der Waals surface area contributed by atoms with Crippen molar-refractivity contribution < 1.29 is 0 Å². The summed E-state index contributed by atoms with van der Waals surface area (Å²) in [5.74, 6) is 0. The quantitative estimate of drug-likeness (QED) is 0.603. The molecule has 0 aromatic carbocycles. The van der Waals surface area contributed by atoms with Crippen molar-refractivity contribution in [1.82, 2.24) is 5.32 Å². The third-order valence-electron chi connectivity index (χ3n) is 2.15. The molecule has 0 rings (SSSR count). The maximum absolute atomic E-state index is 5.62. The zero-order valence-corrected chi connectivity index (χ0v) is 7.41. The van der Waals surface area contributed by atoms with Crippen LogP contribution >= 0.6 is 0 Å². The molecule has 0 spiro atoms. The largest absolute Gasteiger partial charge is 0.330 e. The summed E-state index contributed by atoms with van der Waals surface area (Å²) in [6.45, 7) is 9.37. The van der Waals surface area contributed by atoms with Crippen LogP contribution in [0.15, 0.2) is 0 Å². The Balaban J connectivity index is 3.58. The Kier molecular flexibility index (Phi) is 4.65. The molecule has 0 saturated carbocycles. The van der Waals surface area contributed by atoms with E-state index in [2.05, 4.69) is 26.1 Å². The first-order valence-corrected chi connectivity index (χ1v) is 4.09. The van der Waals surface area contributed by atoms with E-state index < -0.39 is 0 Å². The summed E-state index contributed by atoms with van der Waals surface area (Å²) in [5, 5.41) is 3.31. The molecular weight excluding hydrogens is 124 g/mol. The fourth-order valence-corrected chi connectivity index (χ4v) is 0.768. The van der Waals surface area contributed by atoms with Crippen molar-refractivity contribution in [1.29, 1.82) is 0 Å². The van der Waals surface area contributed by atoms with Crippen LogP contribution < -0.4 is 11.1 Å². The van der Waals surface area contributed by atoms with Crippen molar-refractivity contribution in [2.75, 3.05) is 19.6 Å². The van der Waals surface area contributed by atoms with E-state index in [1.54, 1.807) is 0 Å². The summed E-state index contributed by atoms with van der Waals surface area (Å²) in [5.41, 5.74) is 5.92. The topological polar surface area (TPSA) is 38.0 Å². The Hall–Kier alpha value is -0.0800. The molecule has 0 heterocycles. The summed E-state index contributed by atoms with van der Waals surface area (Å²) in [6, 6.07) is 0. The zero-order chi connectivity index (χ0) is 8.04. The molecule has 0 fully saturated rings. The number of nitrogens with one attached hydrogen (secondary N) is 1. The second kappa shape index (κ2) is 4.69. The summed E-state index contributed by atoms with van der Waals surface area (Å²) >= 11 is 0. The first-order valence-electron chi connectivity index (χ1n) is 4.09. The highest BCUT2D eigenvalue weighted by atomic mass is 14.9. The highest BCUT2D eigenvalue weighted by Crippen LogP contribution is 2.16. The summed E-state index contributed by atoms with van der Waals surface area (Å²) in [4.78, 5) is 0. The predicted molar refractivity (Wildman–Crippen MR) is 46.0 cm³/mol. The lowest BCUT2D eigenvalue weighted by atomic mass is 9.88. The lowest BCUT2D eigenvalue weighted by Crippen LogP contribution is -2.37. The molecule has 0 aliphatic rings. The fourth-order valence-electron chi connectivity index (χ4n) is 0.768. The van der Waals surface area contributed by atoms with Crippen molar-refractivity contribution in [2.24, 2.45) is 11.1 Å². The van der Waals surface area contributed by atoms with Gasteiger partial charge in [0, 0.05) is 6.54 Å². The van der Waals surface area contributed by atoms with E-state index in [0.717, 1.165) is 26.1 Å². The molecule has 0 bridgehead atoms. The molecule has 2 nitrogen and oxygen atoms in total. The Bertz CT molecular complexity index is 77.3. The van der Waals surface area contributed by atoms with Crippen molar-refractivity contribution in [3.05, 3.63) is 0 Å². The molecule has 0 amide bonds. The van der Waals surface area contributed by atoms with Gasteiger partial charge < -0.3 is 11.1 Å². The maximum Gasteiger partial charge on any atom is 0.00170 e. The molecule has 0 aromatic rings. The minimum absolute atomic E-state index is 0.302. The monoisotopic (exact) mass is 144 g/mol. The lowest BCUT2D eigenvalue weighted by molar-refractivity contribution is 0.306. The summed E-state index contributed by atoms with van der Waals surface area (Å²) < 4.78 is 0. The number of nitrogens with two attached hydrogens (primary N) is 1. The van der Waals surface area contributed by atoms with Gasteiger partial charge in [0.25, 0.3) is 0 Å². The molecule has 0 radical (unpaired) electrons. The van der Waals surface area contributed by atoms with Crippen LogP contribution in [0.3, 0.4) is 0 Å². The average Bonchev–Trinajstić information content (AvgIpc) is 2.00. The highest BCUT2D eigenvalue weighted by Gasteiger charge is 2.18. The zero-order valence-electron chi connectivity index (χ0n) is 7.41. The van der Waals surface area contributed by atoms with Crippen LogP contribution in [0.25, 0.3) is 0 Å². The van der Waals surface area contributed by atoms with Gasteiger partial charge in [-0.05, 0) is 24.9 Å². The lowest BCUT2D eigenvalue weighted by Gasteiger charge is -2.26. The molecule has 0 aliphatic carbocycles. The number of hydrogen-bond acceptors (Lipinski definition) is 2. The first-order chi connectivity index (χ1) is 4.68. The molecule has 1 unspecified atom stereocenters. The number of rotatable bonds is 5. The molecular formula is C8H20N2. The molecule has 2 heteroatoms. The van der Waals surface area contributed by atoms with Crippen molar-refractivity contribution in [2.45, 2.75) is 27.2 Å². The number of hydrogen-bond donors (Lipinski definition) is 2. The minimum Gasteiger partial charge on any atom is -0.330 e. The first kappa shape index (κ1) is 9.92. The third kappa shape index (κ3) is 3.18. The van der Waals surface area contributed by atoms with Crippen molar-refractivity contribution in [3.8, 4) is 0 Å². The van der Waals surface area contributed by atoms with Gasteiger partial charge in [-0.15, -0.1) is 0 Å². The predicted octanol–water partition coefficient (Wildman–Crippen LogP) is 0.971. The summed E-state index contributed by atoms with van der Waals surface area (Å²) in [6.07, 6.45) is 1.15. The van der Waals surface area contributed by atoms with Gasteiger partial charge in [0.05, 0.1) is 0 Å². The van der Waals surface area contributed by atoms with Gasteiger partial charge in [-0.1, -0.05) is 20.8 Å². The fraction of sp³-hybridized carbons (Fsp3) is 1.00. The van der Waals surface area contributed by atoms with Crippen molar-refractivity contribution in [3.63, 3.8) is 0 Å². The van der Waals surface area contributed by atoms with Gasteiger partial charge in [0.2, 0.25) is 0 Å². The smallest absolute Gasteiger partial charge is 0.00170 e. The second-order valence-electron chi connectivity index (χ2n) is 3.15. The van der Waals surface area contributed by atoms with Gasteiger partial charge >= 0.3 is 0 Å². The van der Waals surface area contributed by atoms with E-state index in [4.69, 9.17) is 5.73 Å². The normalized spacial score (nSPS) is 16.8. The highest BCUT2D eigenvalue weighted by molar-refractivity contribution is 4.75. The molecule has 62 valence electrons. The molecule has 10 heavy (non-hydrogen) atoms. The van der Waals surface area contributed by atoms with Crippen LogP contribution in [-0.4, -0.2) is 19.6 Å². The minimum atomic E-state index is 0.302. The van der Waals surface area contributed by atoms with Gasteiger partial charge in [0.1, 0.15) is 0 Å². The molecule has 0 aromatic heterocycles. The van der Waals surface area contributed by atoms with Crippen LogP contribution in [-0.2, 0) is 0 Å². The van der Waals surface area contributed by atoms with Crippen LogP contribution in [0, 0.1) is 5.41 Å². The Morgan fingerprint density at radius 1 is 1.40 bits per heavy atom. The van der Waals surface area contributed by atoms with Gasteiger partial charge in [-0.25, -0.2) is 0 Å². The molecule has 1 atom stereocenters. The summed E-state index contributed by atoms with van der Waals surface area (Å²) in [7, 11) is 0. The average molecular weight is 144 g/mol. The Morgan fingerprint density at radius 2 is 2.00 bits per heavy atom. The maximum atomic E-state index is 5.62. The Morgan fingerprint density at radius 3 is 2.30 bits per heavy atom.